The summed E-state index contributed by atoms with van der Waals surface area (Å²) in [5.74, 6) is 1.18. The fourth-order valence-corrected chi connectivity index (χ4v) is 1.68. The van der Waals surface area contributed by atoms with Gasteiger partial charge in [-0.15, -0.1) is 0 Å². The van der Waals surface area contributed by atoms with E-state index in [0.29, 0.717) is 17.9 Å². The van der Waals surface area contributed by atoms with Crippen molar-refractivity contribution in [1.82, 2.24) is 10.6 Å². The lowest BCUT2D eigenvalue weighted by Crippen LogP contribution is -2.36. The summed E-state index contributed by atoms with van der Waals surface area (Å²) in [4.78, 5) is 10.8. The van der Waals surface area contributed by atoms with E-state index in [1.54, 1.807) is 7.05 Å². The first-order valence-electron chi connectivity index (χ1n) is 3.89. The van der Waals surface area contributed by atoms with Crippen molar-refractivity contribution >= 4 is 6.03 Å². The maximum absolute atomic E-state index is 10.8. The molecule has 62 valence electrons. The largest absolute Gasteiger partial charge is 0.381 e. The number of nitrogens with one attached hydrogen (secondary N) is 2. The fraction of sp³-hybridized carbons (Fsp3) is 0.857. The maximum Gasteiger partial charge on any atom is 0.314 e. The first kappa shape index (κ1) is 6.91. The molecule has 0 aromatic rings. The van der Waals surface area contributed by atoms with Crippen molar-refractivity contribution in [2.24, 2.45) is 11.8 Å². The molecule has 2 aliphatic rings. The van der Waals surface area contributed by atoms with E-state index in [2.05, 4.69) is 10.6 Å². The molecule has 2 amide bonds. The second-order valence-electron chi connectivity index (χ2n) is 3.11. The van der Waals surface area contributed by atoms with Crippen LogP contribution in [0.25, 0.3) is 0 Å². The van der Waals surface area contributed by atoms with Gasteiger partial charge < -0.3 is 15.4 Å². The second-order valence-corrected chi connectivity index (χ2v) is 3.11. The highest BCUT2D eigenvalue weighted by Crippen LogP contribution is 2.43. The Morgan fingerprint density at radius 3 is 2.64 bits per heavy atom. The smallest absolute Gasteiger partial charge is 0.314 e. The zero-order valence-corrected chi connectivity index (χ0v) is 6.46. The van der Waals surface area contributed by atoms with E-state index in [4.69, 9.17) is 4.74 Å². The van der Waals surface area contributed by atoms with Gasteiger partial charge in [-0.05, 0) is 0 Å². The number of fused-ring (bicyclic) bond motifs is 1. The Hall–Kier alpha value is -0.770. The molecule has 2 N–H and O–H groups in total. The molecule has 0 aromatic carbocycles. The third kappa shape index (κ3) is 1.07. The molecule has 0 spiro atoms. The zero-order valence-electron chi connectivity index (χ0n) is 6.46. The summed E-state index contributed by atoms with van der Waals surface area (Å²) in [7, 11) is 1.63. The Balaban J connectivity index is 1.79. The van der Waals surface area contributed by atoms with Crippen LogP contribution in [0.4, 0.5) is 4.79 Å². The number of hydrogen-bond acceptors (Lipinski definition) is 2. The summed E-state index contributed by atoms with van der Waals surface area (Å²) in [6.07, 6.45) is 0. The second kappa shape index (κ2) is 2.37. The van der Waals surface area contributed by atoms with Gasteiger partial charge in [0.25, 0.3) is 0 Å². The first-order chi connectivity index (χ1) is 5.33. The summed E-state index contributed by atoms with van der Waals surface area (Å²) in [6, 6.07) is 0.299. The van der Waals surface area contributed by atoms with Crippen LogP contribution in [-0.2, 0) is 4.74 Å². The van der Waals surface area contributed by atoms with Crippen molar-refractivity contribution in [3.8, 4) is 0 Å². The van der Waals surface area contributed by atoms with Gasteiger partial charge >= 0.3 is 6.03 Å². The molecule has 2 unspecified atom stereocenters. The fourth-order valence-electron chi connectivity index (χ4n) is 1.68. The van der Waals surface area contributed by atoms with Crippen LogP contribution >= 0.6 is 0 Å². The highest BCUT2D eigenvalue weighted by molar-refractivity contribution is 5.74. The first-order valence-corrected chi connectivity index (χ1v) is 3.89. The molecule has 2 rings (SSSR count). The predicted octanol–water partition coefficient (Wildman–Crippen LogP) is -0.440. The lowest BCUT2D eigenvalue weighted by Gasteiger charge is -2.05. The summed E-state index contributed by atoms with van der Waals surface area (Å²) in [5, 5.41) is 5.41. The quantitative estimate of drug-likeness (QED) is 0.540. The van der Waals surface area contributed by atoms with Gasteiger partial charge in [0.2, 0.25) is 0 Å². The van der Waals surface area contributed by atoms with Gasteiger partial charge in [-0.3, -0.25) is 0 Å². The number of rotatable bonds is 1. The molecule has 1 saturated carbocycles. The van der Waals surface area contributed by atoms with Crippen LogP contribution in [-0.4, -0.2) is 32.3 Å². The Bertz CT molecular complexity index is 173. The predicted molar refractivity (Wildman–Crippen MR) is 39.2 cm³/mol. The normalized spacial score (nSPS) is 39.5. The Labute approximate surface area is 65.3 Å². The standard InChI is InChI=1S/C7H12N2O2/c1-8-7(10)9-6-4-2-11-3-5(4)6/h4-6H,2-3H2,1H3,(H2,8,9,10). The lowest BCUT2D eigenvalue weighted by molar-refractivity contribution is 0.156. The Morgan fingerprint density at radius 2 is 2.09 bits per heavy atom. The molecule has 4 heteroatoms. The van der Waals surface area contributed by atoms with E-state index in [1.165, 1.54) is 0 Å². The van der Waals surface area contributed by atoms with Crippen LogP contribution in [0.1, 0.15) is 0 Å². The van der Waals surface area contributed by atoms with Crippen molar-refractivity contribution in [2.75, 3.05) is 20.3 Å². The third-order valence-electron chi connectivity index (χ3n) is 2.48. The SMILES string of the molecule is CNC(=O)NC1C2COCC21. The number of ether oxygens (including phenoxy) is 1. The van der Waals surface area contributed by atoms with Gasteiger partial charge in [-0.25, -0.2) is 4.79 Å². The van der Waals surface area contributed by atoms with Gasteiger partial charge in [0.15, 0.2) is 0 Å². The third-order valence-corrected chi connectivity index (χ3v) is 2.48. The van der Waals surface area contributed by atoms with Gasteiger partial charge in [0.1, 0.15) is 0 Å². The van der Waals surface area contributed by atoms with E-state index in [9.17, 15) is 4.79 Å². The number of hydrogen-bond donors (Lipinski definition) is 2. The number of carbonyl (C=O) groups is 1. The zero-order chi connectivity index (χ0) is 7.84. The van der Waals surface area contributed by atoms with Crippen molar-refractivity contribution < 1.29 is 9.53 Å². The van der Waals surface area contributed by atoms with Gasteiger partial charge in [0.05, 0.1) is 13.2 Å². The molecular formula is C7H12N2O2. The topological polar surface area (TPSA) is 50.4 Å². The van der Waals surface area contributed by atoms with Crippen LogP contribution in [0.2, 0.25) is 0 Å². The molecule has 1 aliphatic carbocycles. The van der Waals surface area contributed by atoms with Crippen molar-refractivity contribution in [3.05, 3.63) is 0 Å². The minimum Gasteiger partial charge on any atom is -0.381 e. The monoisotopic (exact) mass is 156 g/mol. The minimum atomic E-state index is -0.0793. The van der Waals surface area contributed by atoms with Crippen LogP contribution in [0.3, 0.4) is 0 Å². The molecule has 4 nitrogen and oxygen atoms in total. The average Bonchev–Trinajstić information content (AvgIpc) is 2.52. The molecule has 2 fully saturated rings. The molecule has 11 heavy (non-hydrogen) atoms. The molecule has 0 radical (unpaired) electrons. The van der Waals surface area contributed by atoms with Crippen LogP contribution in [0, 0.1) is 11.8 Å². The molecule has 0 bridgehead atoms. The molecule has 1 aliphatic heterocycles. The van der Waals surface area contributed by atoms with E-state index in [1.807, 2.05) is 0 Å². The lowest BCUT2D eigenvalue weighted by atomic mass is 10.4. The highest BCUT2D eigenvalue weighted by atomic mass is 16.5. The molecule has 1 heterocycles. The number of carbonyl (C=O) groups excluding carboxylic acids is 1. The maximum atomic E-state index is 10.8. The van der Waals surface area contributed by atoms with Crippen molar-refractivity contribution in [1.29, 1.82) is 0 Å². The summed E-state index contributed by atoms with van der Waals surface area (Å²) in [6.45, 7) is 1.64. The highest BCUT2D eigenvalue weighted by Gasteiger charge is 2.54. The molecular weight excluding hydrogens is 144 g/mol. The molecule has 0 aromatic heterocycles. The van der Waals surface area contributed by atoms with Crippen LogP contribution in [0.5, 0.6) is 0 Å². The van der Waals surface area contributed by atoms with E-state index < -0.39 is 0 Å². The van der Waals surface area contributed by atoms with Crippen LogP contribution in [0.15, 0.2) is 0 Å². The van der Waals surface area contributed by atoms with Gasteiger partial charge in [0, 0.05) is 24.9 Å². The van der Waals surface area contributed by atoms with Crippen molar-refractivity contribution in [2.45, 2.75) is 6.04 Å². The Morgan fingerprint density at radius 1 is 1.45 bits per heavy atom. The number of urea groups is 1. The van der Waals surface area contributed by atoms with Crippen LogP contribution < -0.4 is 10.6 Å². The van der Waals surface area contributed by atoms with Crippen molar-refractivity contribution in [3.63, 3.8) is 0 Å². The van der Waals surface area contributed by atoms with Gasteiger partial charge in [-0.1, -0.05) is 0 Å². The number of amides is 2. The van der Waals surface area contributed by atoms with E-state index in [0.717, 1.165) is 13.2 Å². The van der Waals surface area contributed by atoms with E-state index >= 15 is 0 Å². The summed E-state index contributed by atoms with van der Waals surface area (Å²) in [5.41, 5.74) is 0. The molecule has 1 saturated heterocycles. The summed E-state index contributed by atoms with van der Waals surface area (Å²) < 4.78 is 5.18. The minimum absolute atomic E-state index is 0.0793. The van der Waals surface area contributed by atoms with E-state index in [-0.39, 0.29) is 6.03 Å². The molecule has 2 atom stereocenters. The van der Waals surface area contributed by atoms with Gasteiger partial charge in [-0.2, -0.15) is 0 Å². The average molecular weight is 156 g/mol. The Kier molecular flexibility index (Phi) is 1.49. The summed E-state index contributed by atoms with van der Waals surface area (Å²) >= 11 is 0.